The molecule has 1 amide bonds. The number of ketones is 1. The van der Waals surface area contributed by atoms with Gasteiger partial charge in [0.2, 0.25) is 0 Å². The molecule has 1 aromatic carbocycles. The highest BCUT2D eigenvalue weighted by atomic mass is 16.6. The highest BCUT2D eigenvalue weighted by molar-refractivity contribution is 5.98. The van der Waals surface area contributed by atoms with E-state index in [1.165, 1.54) is 48.0 Å². The maximum absolute atomic E-state index is 12.0. The molecule has 2 rings (SSSR count). The molecule has 0 fully saturated rings. The van der Waals surface area contributed by atoms with Gasteiger partial charge in [0.1, 0.15) is 5.69 Å². The number of anilines is 1. The fraction of sp³-hybridized carbons (Fsp3) is 0.188. The van der Waals surface area contributed by atoms with Gasteiger partial charge in [-0.05, 0) is 25.1 Å². The van der Waals surface area contributed by atoms with Crippen LogP contribution < -0.4 is 5.32 Å². The molecule has 0 spiro atoms. The van der Waals surface area contributed by atoms with Crippen LogP contribution in [0.1, 0.15) is 27.8 Å². The van der Waals surface area contributed by atoms with E-state index in [1.807, 2.05) is 0 Å². The van der Waals surface area contributed by atoms with Crippen LogP contribution in [-0.4, -0.2) is 33.8 Å². The Hall–Kier alpha value is -3.49. The third-order valence-corrected chi connectivity index (χ3v) is 3.32. The van der Waals surface area contributed by atoms with Crippen molar-refractivity contribution in [1.29, 1.82) is 0 Å². The predicted octanol–water partition coefficient (Wildman–Crippen LogP) is 1.93. The lowest BCUT2D eigenvalue weighted by molar-refractivity contribution is -0.384. The first-order valence-corrected chi connectivity index (χ1v) is 7.16. The first kappa shape index (κ1) is 17.9. The van der Waals surface area contributed by atoms with Crippen LogP contribution in [0.2, 0.25) is 0 Å². The molecule has 0 aliphatic rings. The van der Waals surface area contributed by atoms with Gasteiger partial charge in [0.25, 0.3) is 11.6 Å². The molecular formula is C16H15N3O6. The molecule has 25 heavy (non-hydrogen) atoms. The normalized spacial score (nSPS) is 10.2. The Kier molecular flexibility index (Phi) is 5.28. The van der Waals surface area contributed by atoms with E-state index in [1.54, 1.807) is 7.05 Å². The summed E-state index contributed by atoms with van der Waals surface area (Å²) in [6.45, 7) is 0.846. The number of hydrogen-bond donors (Lipinski definition) is 1. The van der Waals surface area contributed by atoms with Crippen molar-refractivity contribution >= 4 is 29.0 Å². The largest absolute Gasteiger partial charge is 0.451 e. The Morgan fingerprint density at radius 2 is 1.88 bits per heavy atom. The molecule has 1 N–H and O–H groups in total. The highest BCUT2D eigenvalue weighted by Gasteiger charge is 2.16. The molecule has 0 aliphatic heterocycles. The minimum atomic E-state index is -0.742. The number of aryl methyl sites for hydroxylation is 1. The molecule has 0 unspecified atom stereocenters. The van der Waals surface area contributed by atoms with Crippen molar-refractivity contribution in [3.63, 3.8) is 0 Å². The van der Waals surface area contributed by atoms with Crippen molar-refractivity contribution in [2.75, 3.05) is 11.9 Å². The molecule has 0 saturated heterocycles. The summed E-state index contributed by atoms with van der Waals surface area (Å²) in [6, 6.07) is 6.62. The molecule has 0 bridgehead atoms. The van der Waals surface area contributed by atoms with Crippen LogP contribution in [-0.2, 0) is 16.6 Å². The summed E-state index contributed by atoms with van der Waals surface area (Å²) < 4.78 is 6.34. The third kappa shape index (κ3) is 4.50. The predicted molar refractivity (Wildman–Crippen MR) is 87.4 cm³/mol. The molecule has 9 nitrogen and oxygen atoms in total. The number of carbonyl (C=O) groups is 3. The minimum absolute atomic E-state index is 0.102. The topological polar surface area (TPSA) is 121 Å². The molecule has 0 aliphatic carbocycles. The standard InChI is InChI=1S/C16H15N3O6/c1-10(20)11-7-14(18(2)8-11)16(22)25-9-15(21)17-12-3-5-13(6-4-12)19(23)24/h3-8H,9H2,1-2H3,(H,17,21). The van der Waals surface area contributed by atoms with E-state index < -0.39 is 23.4 Å². The van der Waals surface area contributed by atoms with Gasteiger partial charge >= 0.3 is 5.97 Å². The van der Waals surface area contributed by atoms with Gasteiger partial charge < -0.3 is 14.6 Å². The number of ether oxygens (including phenoxy) is 1. The molecule has 130 valence electrons. The second-order valence-electron chi connectivity index (χ2n) is 5.21. The summed E-state index contributed by atoms with van der Waals surface area (Å²) in [4.78, 5) is 45.1. The van der Waals surface area contributed by atoms with Crippen molar-refractivity contribution in [2.45, 2.75) is 6.92 Å². The number of rotatable bonds is 6. The fourth-order valence-corrected chi connectivity index (χ4v) is 2.03. The summed E-state index contributed by atoms with van der Waals surface area (Å²) in [5.74, 6) is -1.53. The van der Waals surface area contributed by atoms with Gasteiger partial charge in [-0.2, -0.15) is 0 Å². The Labute approximate surface area is 142 Å². The van der Waals surface area contributed by atoms with E-state index in [9.17, 15) is 24.5 Å². The number of hydrogen-bond acceptors (Lipinski definition) is 6. The van der Waals surface area contributed by atoms with Crippen molar-refractivity contribution in [3.05, 3.63) is 57.9 Å². The van der Waals surface area contributed by atoms with Crippen LogP contribution in [0.3, 0.4) is 0 Å². The fourth-order valence-electron chi connectivity index (χ4n) is 2.03. The monoisotopic (exact) mass is 345 g/mol. The molecular weight excluding hydrogens is 330 g/mol. The number of benzene rings is 1. The summed E-state index contributed by atoms with van der Waals surface area (Å²) >= 11 is 0. The SMILES string of the molecule is CC(=O)c1cc(C(=O)OCC(=O)Nc2ccc([N+](=O)[O-])cc2)n(C)c1. The van der Waals surface area contributed by atoms with Crippen molar-refractivity contribution in [3.8, 4) is 0 Å². The zero-order valence-electron chi connectivity index (χ0n) is 13.5. The number of carbonyl (C=O) groups excluding carboxylic acids is 3. The smallest absolute Gasteiger partial charge is 0.355 e. The maximum atomic E-state index is 12.0. The third-order valence-electron chi connectivity index (χ3n) is 3.32. The Morgan fingerprint density at radius 3 is 2.40 bits per heavy atom. The number of nitrogens with zero attached hydrogens (tertiary/aromatic N) is 2. The summed E-state index contributed by atoms with van der Waals surface area (Å²) in [7, 11) is 1.58. The Morgan fingerprint density at radius 1 is 1.24 bits per heavy atom. The quantitative estimate of drug-likeness (QED) is 0.369. The number of amides is 1. The Bertz CT molecular complexity index is 838. The highest BCUT2D eigenvalue weighted by Crippen LogP contribution is 2.15. The lowest BCUT2D eigenvalue weighted by Gasteiger charge is -2.07. The van der Waals surface area contributed by atoms with E-state index in [4.69, 9.17) is 4.74 Å². The zero-order valence-corrected chi connectivity index (χ0v) is 13.5. The lowest BCUT2D eigenvalue weighted by Crippen LogP contribution is -2.21. The second kappa shape index (κ2) is 7.39. The number of nitro groups is 1. The number of aromatic nitrogens is 1. The Balaban J connectivity index is 1.92. The van der Waals surface area contributed by atoms with Crippen LogP contribution in [0.25, 0.3) is 0 Å². The van der Waals surface area contributed by atoms with Gasteiger partial charge in [-0.3, -0.25) is 19.7 Å². The first-order valence-electron chi connectivity index (χ1n) is 7.16. The van der Waals surface area contributed by atoms with Crippen molar-refractivity contribution < 1.29 is 24.0 Å². The van der Waals surface area contributed by atoms with Crippen LogP contribution in [0, 0.1) is 10.1 Å². The van der Waals surface area contributed by atoms with E-state index in [-0.39, 0.29) is 17.2 Å². The van der Waals surface area contributed by atoms with E-state index >= 15 is 0 Å². The summed E-state index contributed by atoms with van der Waals surface area (Å²) in [5, 5.41) is 13.0. The second-order valence-corrected chi connectivity index (χ2v) is 5.21. The molecule has 9 heteroatoms. The molecule has 1 aromatic heterocycles. The van der Waals surface area contributed by atoms with Gasteiger partial charge in [0, 0.05) is 36.6 Å². The zero-order chi connectivity index (χ0) is 18.6. The number of esters is 1. The number of nitrogens with one attached hydrogen (secondary N) is 1. The van der Waals surface area contributed by atoms with Gasteiger partial charge in [-0.25, -0.2) is 4.79 Å². The molecule has 1 heterocycles. The van der Waals surface area contributed by atoms with Gasteiger partial charge in [0.05, 0.1) is 4.92 Å². The summed E-state index contributed by atoms with van der Waals surface area (Å²) in [5.41, 5.74) is 0.747. The van der Waals surface area contributed by atoms with E-state index in [0.29, 0.717) is 11.3 Å². The van der Waals surface area contributed by atoms with Gasteiger partial charge in [-0.1, -0.05) is 0 Å². The maximum Gasteiger partial charge on any atom is 0.355 e. The van der Waals surface area contributed by atoms with Gasteiger partial charge in [0.15, 0.2) is 12.4 Å². The molecule has 0 radical (unpaired) electrons. The first-order chi connectivity index (χ1) is 11.8. The average molecular weight is 345 g/mol. The molecule has 0 saturated carbocycles. The minimum Gasteiger partial charge on any atom is -0.451 e. The van der Waals surface area contributed by atoms with Crippen LogP contribution in [0.5, 0.6) is 0 Å². The molecule has 2 aromatic rings. The summed E-state index contributed by atoms with van der Waals surface area (Å²) in [6.07, 6.45) is 1.50. The van der Waals surface area contributed by atoms with Crippen LogP contribution >= 0.6 is 0 Å². The van der Waals surface area contributed by atoms with Gasteiger partial charge in [-0.15, -0.1) is 0 Å². The van der Waals surface area contributed by atoms with E-state index in [0.717, 1.165) is 0 Å². The van der Waals surface area contributed by atoms with Crippen molar-refractivity contribution in [2.24, 2.45) is 7.05 Å². The number of non-ortho nitro benzene ring substituents is 1. The van der Waals surface area contributed by atoms with Crippen LogP contribution in [0.15, 0.2) is 36.5 Å². The number of Topliss-reactive ketones (excluding diaryl/α,β-unsaturated/α-hetero) is 1. The molecule has 0 atom stereocenters. The number of nitro benzene ring substituents is 1. The van der Waals surface area contributed by atoms with E-state index in [2.05, 4.69) is 5.32 Å². The van der Waals surface area contributed by atoms with Crippen molar-refractivity contribution in [1.82, 2.24) is 4.57 Å². The van der Waals surface area contributed by atoms with Crippen LogP contribution in [0.4, 0.5) is 11.4 Å². The lowest BCUT2D eigenvalue weighted by atomic mass is 10.2. The average Bonchev–Trinajstić information content (AvgIpc) is 2.95.